The van der Waals surface area contributed by atoms with Gasteiger partial charge in [0.2, 0.25) is 0 Å². The zero-order valence-corrected chi connectivity index (χ0v) is 14.6. The molecular formula is C17H25Cl2NO2. The molecule has 124 valence electrons. The minimum Gasteiger partial charge on any atom is -0.489 e. The maximum atomic E-state index is 10.3. The van der Waals surface area contributed by atoms with Crippen LogP contribution < -0.4 is 4.74 Å². The highest BCUT2D eigenvalue weighted by Crippen LogP contribution is 2.27. The maximum Gasteiger partial charge on any atom is 0.138 e. The van der Waals surface area contributed by atoms with Crippen molar-refractivity contribution in [2.45, 2.75) is 51.2 Å². The van der Waals surface area contributed by atoms with E-state index in [-0.39, 0.29) is 6.61 Å². The summed E-state index contributed by atoms with van der Waals surface area (Å²) in [7, 11) is 0. The lowest BCUT2D eigenvalue weighted by molar-refractivity contribution is 0.0464. The molecule has 5 heteroatoms. The van der Waals surface area contributed by atoms with Gasteiger partial charge >= 0.3 is 0 Å². The normalized spacial score (nSPS) is 17.7. The average molecular weight is 346 g/mol. The van der Waals surface area contributed by atoms with Crippen molar-refractivity contribution >= 4 is 23.2 Å². The Kier molecular flexibility index (Phi) is 7.29. The molecule has 0 saturated heterocycles. The molecule has 1 fully saturated rings. The molecule has 1 aromatic rings. The molecule has 3 nitrogen and oxygen atoms in total. The quantitative estimate of drug-likeness (QED) is 0.795. The smallest absolute Gasteiger partial charge is 0.138 e. The first-order chi connectivity index (χ1) is 10.6. The third kappa shape index (κ3) is 5.31. The van der Waals surface area contributed by atoms with E-state index in [1.54, 1.807) is 18.2 Å². The number of likely N-dealkylation sites (N-methyl/N-ethyl adjacent to an activating group) is 1. The highest BCUT2D eigenvalue weighted by Gasteiger charge is 2.22. The van der Waals surface area contributed by atoms with Gasteiger partial charge in [0.1, 0.15) is 18.5 Å². The SMILES string of the molecule is CCN(C[C@H](O)COc1ccc(Cl)cc1Cl)C1CCCCC1. The van der Waals surface area contributed by atoms with Gasteiger partial charge in [0.15, 0.2) is 0 Å². The van der Waals surface area contributed by atoms with Gasteiger partial charge in [-0.1, -0.05) is 49.4 Å². The zero-order valence-electron chi connectivity index (χ0n) is 13.1. The molecule has 1 aliphatic rings. The van der Waals surface area contributed by atoms with Crippen LogP contribution in [0.25, 0.3) is 0 Å². The van der Waals surface area contributed by atoms with Crippen molar-refractivity contribution in [1.29, 1.82) is 0 Å². The predicted molar refractivity (Wildman–Crippen MR) is 92.1 cm³/mol. The number of rotatable bonds is 7. The number of benzene rings is 1. The van der Waals surface area contributed by atoms with Gasteiger partial charge in [-0.25, -0.2) is 0 Å². The van der Waals surface area contributed by atoms with E-state index in [0.29, 0.717) is 28.4 Å². The van der Waals surface area contributed by atoms with Crippen LogP contribution in [0.5, 0.6) is 5.75 Å². The number of nitrogens with zero attached hydrogens (tertiary/aromatic N) is 1. The van der Waals surface area contributed by atoms with Crippen molar-refractivity contribution in [2.24, 2.45) is 0 Å². The molecule has 1 aliphatic carbocycles. The molecule has 1 saturated carbocycles. The number of hydrogen-bond acceptors (Lipinski definition) is 3. The van der Waals surface area contributed by atoms with Crippen molar-refractivity contribution < 1.29 is 9.84 Å². The first kappa shape index (κ1) is 17.9. The van der Waals surface area contributed by atoms with Crippen LogP contribution in [-0.2, 0) is 0 Å². The summed E-state index contributed by atoms with van der Waals surface area (Å²) in [5.41, 5.74) is 0. The Balaban J connectivity index is 1.81. The predicted octanol–water partition coefficient (Wildman–Crippen LogP) is 4.39. The molecule has 0 heterocycles. The summed E-state index contributed by atoms with van der Waals surface area (Å²) >= 11 is 11.9. The molecule has 22 heavy (non-hydrogen) atoms. The third-order valence-corrected chi connectivity index (χ3v) is 4.80. The van der Waals surface area contributed by atoms with Crippen LogP contribution in [0, 0.1) is 0 Å². The Hall–Kier alpha value is -0.480. The third-order valence-electron chi connectivity index (χ3n) is 4.27. The Labute approximate surface area is 143 Å². The fraction of sp³-hybridized carbons (Fsp3) is 0.647. The number of aliphatic hydroxyl groups excluding tert-OH is 1. The van der Waals surface area contributed by atoms with Gasteiger partial charge in [-0.3, -0.25) is 4.90 Å². The van der Waals surface area contributed by atoms with Crippen LogP contribution in [0.3, 0.4) is 0 Å². The van der Waals surface area contributed by atoms with Crippen LogP contribution in [0.4, 0.5) is 0 Å². The van der Waals surface area contributed by atoms with Crippen molar-refractivity contribution in [3.05, 3.63) is 28.2 Å². The molecule has 0 aromatic heterocycles. The monoisotopic (exact) mass is 345 g/mol. The van der Waals surface area contributed by atoms with E-state index in [2.05, 4.69) is 11.8 Å². The molecule has 1 N–H and O–H groups in total. The van der Waals surface area contributed by atoms with Crippen LogP contribution in [0.1, 0.15) is 39.0 Å². The van der Waals surface area contributed by atoms with E-state index in [9.17, 15) is 5.11 Å². The number of aliphatic hydroxyl groups is 1. The molecule has 2 rings (SSSR count). The van der Waals surface area contributed by atoms with E-state index in [0.717, 1.165) is 6.54 Å². The van der Waals surface area contributed by atoms with Gasteiger partial charge in [0, 0.05) is 17.6 Å². The van der Waals surface area contributed by atoms with Crippen molar-refractivity contribution in [3.63, 3.8) is 0 Å². The van der Waals surface area contributed by atoms with Crippen molar-refractivity contribution in [2.75, 3.05) is 19.7 Å². The largest absolute Gasteiger partial charge is 0.489 e. The van der Waals surface area contributed by atoms with Gasteiger partial charge in [-0.05, 0) is 37.6 Å². The summed E-state index contributed by atoms with van der Waals surface area (Å²) in [5.74, 6) is 0.561. The highest BCUT2D eigenvalue weighted by atomic mass is 35.5. The van der Waals surface area contributed by atoms with Gasteiger partial charge in [-0.15, -0.1) is 0 Å². The van der Waals surface area contributed by atoms with Crippen LogP contribution in [0.15, 0.2) is 18.2 Å². The average Bonchev–Trinajstić information content (AvgIpc) is 2.52. The molecular weight excluding hydrogens is 321 g/mol. The molecule has 1 atom stereocenters. The topological polar surface area (TPSA) is 32.7 Å². The molecule has 0 aliphatic heterocycles. The summed E-state index contributed by atoms with van der Waals surface area (Å²) in [6.45, 7) is 4.00. The van der Waals surface area contributed by atoms with Crippen molar-refractivity contribution in [1.82, 2.24) is 4.90 Å². The van der Waals surface area contributed by atoms with E-state index >= 15 is 0 Å². The molecule has 1 aromatic carbocycles. The minimum atomic E-state index is -0.520. The fourth-order valence-electron chi connectivity index (χ4n) is 3.08. The first-order valence-corrected chi connectivity index (χ1v) is 8.85. The van der Waals surface area contributed by atoms with Gasteiger partial charge in [-0.2, -0.15) is 0 Å². The second-order valence-electron chi connectivity index (χ2n) is 5.92. The van der Waals surface area contributed by atoms with E-state index in [1.807, 2.05) is 0 Å². The Morgan fingerprint density at radius 1 is 1.27 bits per heavy atom. The minimum absolute atomic E-state index is 0.241. The lowest BCUT2D eigenvalue weighted by Crippen LogP contribution is -2.43. The molecule has 0 radical (unpaired) electrons. The van der Waals surface area contributed by atoms with Crippen LogP contribution in [0.2, 0.25) is 10.0 Å². The van der Waals surface area contributed by atoms with Crippen molar-refractivity contribution in [3.8, 4) is 5.75 Å². The summed E-state index contributed by atoms with van der Waals surface area (Å²) in [6.07, 6.45) is 5.90. The zero-order chi connectivity index (χ0) is 15.9. The van der Waals surface area contributed by atoms with Gasteiger partial charge < -0.3 is 9.84 Å². The summed E-state index contributed by atoms with van der Waals surface area (Å²) in [6, 6.07) is 5.71. The van der Waals surface area contributed by atoms with Crippen LogP contribution >= 0.6 is 23.2 Å². The first-order valence-electron chi connectivity index (χ1n) is 8.10. The van der Waals surface area contributed by atoms with Gasteiger partial charge in [0.25, 0.3) is 0 Å². The Bertz CT molecular complexity index is 464. The lowest BCUT2D eigenvalue weighted by atomic mass is 9.94. The molecule has 0 unspecified atom stereocenters. The Morgan fingerprint density at radius 2 is 2.00 bits per heavy atom. The fourth-order valence-corrected chi connectivity index (χ4v) is 3.55. The molecule has 0 amide bonds. The summed E-state index contributed by atoms with van der Waals surface area (Å²) in [4.78, 5) is 2.37. The van der Waals surface area contributed by atoms with Crippen LogP contribution in [-0.4, -0.2) is 41.8 Å². The summed E-state index contributed by atoms with van der Waals surface area (Å²) in [5, 5.41) is 11.3. The van der Waals surface area contributed by atoms with E-state index in [4.69, 9.17) is 27.9 Å². The Morgan fingerprint density at radius 3 is 2.64 bits per heavy atom. The number of hydrogen-bond donors (Lipinski definition) is 1. The van der Waals surface area contributed by atoms with E-state index < -0.39 is 6.10 Å². The number of halogens is 2. The standard InChI is InChI=1S/C17H25Cl2NO2/c1-2-20(14-6-4-3-5-7-14)11-15(21)12-22-17-9-8-13(18)10-16(17)19/h8-10,14-15,21H,2-7,11-12H2,1H3/t15-/m0/s1. The molecule has 0 spiro atoms. The summed E-state index contributed by atoms with van der Waals surface area (Å²) < 4.78 is 5.62. The second kappa shape index (κ2) is 8.97. The lowest BCUT2D eigenvalue weighted by Gasteiger charge is -2.34. The number of ether oxygens (including phenoxy) is 1. The maximum absolute atomic E-state index is 10.3. The highest BCUT2D eigenvalue weighted by molar-refractivity contribution is 6.35. The molecule has 0 bridgehead atoms. The van der Waals surface area contributed by atoms with Gasteiger partial charge in [0.05, 0.1) is 5.02 Å². The second-order valence-corrected chi connectivity index (χ2v) is 6.76. The van der Waals surface area contributed by atoms with E-state index in [1.165, 1.54) is 32.1 Å².